The molecule has 2 amide bonds. The smallest absolute Gasteiger partial charge is 0.317 e. The number of carbonyl (C=O) groups excluding carboxylic acids is 2. The first kappa shape index (κ1) is 16.4. The van der Waals surface area contributed by atoms with E-state index in [2.05, 4.69) is 29.6 Å². The minimum atomic E-state index is -0.156. The normalized spacial score (nSPS) is 32.6. The van der Waals surface area contributed by atoms with Gasteiger partial charge in [-0.2, -0.15) is 0 Å². The number of rotatable bonds is 3. The van der Waals surface area contributed by atoms with Crippen LogP contribution in [-0.4, -0.2) is 43.6 Å². The highest BCUT2D eigenvalue weighted by molar-refractivity contribution is 5.76. The molecule has 0 aromatic heterocycles. The number of nitrogens with zero attached hydrogens (tertiary/aromatic N) is 1. The maximum Gasteiger partial charge on any atom is 0.317 e. The van der Waals surface area contributed by atoms with E-state index in [1.165, 1.54) is 18.2 Å². The fourth-order valence-electron chi connectivity index (χ4n) is 4.91. The van der Waals surface area contributed by atoms with Gasteiger partial charge in [-0.25, -0.2) is 4.79 Å². The summed E-state index contributed by atoms with van der Waals surface area (Å²) in [5.74, 6) is 1.83. The van der Waals surface area contributed by atoms with Gasteiger partial charge in [-0.1, -0.05) is 31.2 Å². The van der Waals surface area contributed by atoms with E-state index in [1.807, 2.05) is 11.8 Å². The molecule has 25 heavy (non-hydrogen) atoms. The SMILES string of the molecule is COC(=O)C1CCN(C(=O)NCC2C3Cc4ccccc4C23)CC1C. The van der Waals surface area contributed by atoms with Crippen molar-refractivity contribution in [2.24, 2.45) is 23.7 Å². The molecule has 1 saturated carbocycles. The molecule has 0 bridgehead atoms. The molecule has 5 atom stereocenters. The van der Waals surface area contributed by atoms with E-state index in [4.69, 9.17) is 4.74 Å². The third kappa shape index (κ3) is 2.90. The number of hydrogen-bond acceptors (Lipinski definition) is 3. The van der Waals surface area contributed by atoms with E-state index in [0.717, 1.165) is 13.0 Å². The minimum Gasteiger partial charge on any atom is -0.469 e. The van der Waals surface area contributed by atoms with Gasteiger partial charge in [0.25, 0.3) is 0 Å². The molecule has 0 spiro atoms. The van der Waals surface area contributed by atoms with Crippen molar-refractivity contribution < 1.29 is 14.3 Å². The van der Waals surface area contributed by atoms with Crippen LogP contribution in [0.1, 0.15) is 30.4 Å². The van der Waals surface area contributed by atoms with E-state index in [0.29, 0.717) is 37.3 Å². The molecule has 134 valence electrons. The van der Waals surface area contributed by atoms with Crippen molar-refractivity contribution in [2.75, 3.05) is 26.7 Å². The summed E-state index contributed by atoms with van der Waals surface area (Å²) >= 11 is 0. The van der Waals surface area contributed by atoms with Gasteiger partial charge in [0.2, 0.25) is 0 Å². The number of methoxy groups -OCH3 is 1. The molecular formula is C20H26N2O3. The lowest BCUT2D eigenvalue weighted by Gasteiger charge is -2.35. The first-order valence-electron chi connectivity index (χ1n) is 9.28. The van der Waals surface area contributed by atoms with Gasteiger partial charge >= 0.3 is 12.0 Å². The van der Waals surface area contributed by atoms with Crippen LogP contribution >= 0.6 is 0 Å². The predicted molar refractivity (Wildman–Crippen MR) is 94.1 cm³/mol. The van der Waals surface area contributed by atoms with Crippen LogP contribution < -0.4 is 5.32 Å². The molecule has 5 unspecified atom stereocenters. The number of nitrogens with one attached hydrogen (secondary N) is 1. The molecule has 3 aliphatic rings. The highest BCUT2D eigenvalue weighted by Crippen LogP contribution is 2.60. The minimum absolute atomic E-state index is 0.00780. The fraction of sp³-hybridized carbons (Fsp3) is 0.600. The highest BCUT2D eigenvalue weighted by Gasteiger charge is 2.55. The quantitative estimate of drug-likeness (QED) is 0.858. The maximum atomic E-state index is 12.5. The Balaban J connectivity index is 1.27. The summed E-state index contributed by atoms with van der Waals surface area (Å²) in [6.07, 6.45) is 1.84. The fourth-order valence-corrected chi connectivity index (χ4v) is 4.91. The van der Waals surface area contributed by atoms with Crippen molar-refractivity contribution >= 4 is 12.0 Å². The largest absolute Gasteiger partial charge is 0.469 e. The summed E-state index contributed by atoms with van der Waals surface area (Å²) < 4.78 is 4.86. The molecule has 1 heterocycles. The number of amides is 2. The van der Waals surface area contributed by atoms with Crippen LogP contribution in [0.15, 0.2) is 24.3 Å². The van der Waals surface area contributed by atoms with Crippen LogP contribution in [0.25, 0.3) is 0 Å². The third-order valence-electron chi connectivity index (χ3n) is 6.39. The number of fused-ring (bicyclic) bond motifs is 3. The first-order valence-corrected chi connectivity index (χ1v) is 9.28. The van der Waals surface area contributed by atoms with E-state index < -0.39 is 0 Å². The Bertz CT molecular complexity index is 689. The van der Waals surface area contributed by atoms with Crippen LogP contribution in [0.4, 0.5) is 4.79 Å². The van der Waals surface area contributed by atoms with Crippen molar-refractivity contribution in [1.29, 1.82) is 0 Å². The Hall–Kier alpha value is -2.04. The summed E-state index contributed by atoms with van der Waals surface area (Å²) in [4.78, 5) is 26.1. The lowest BCUT2D eigenvalue weighted by atomic mass is 9.87. The van der Waals surface area contributed by atoms with Gasteiger partial charge in [-0.05, 0) is 47.6 Å². The van der Waals surface area contributed by atoms with Gasteiger partial charge in [0.15, 0.2) is 0 Å². The number of likely N-dealkylation sites (tertiary alicyclic amines) is 1. The number of piperidine rings is 1. The van der Waals surface area contributed by atoms with Crippen molar-refractivity contribution in [3.8, 4) is 0 Å². The zero-order valence-electron chi connectivity index (χ0n) is 14.9. The lowest BCUT2D eigenvalue weighted by Crippen LogP contribution is -2.49. The second-order valence-corrected chi connectivity index (χ2v) is 7.78. The summed E-state index contributed by atoms with van der Waals surface area (Å²) in [5.41, 5.74) is 2.97. The van der Waals surface area contributed by atoms with Crippen LogP contribution in [0, 0.1) is 23.7 Å². The molecule has 2 aliphatic carbocycles. The molecule has 0 radical (unpaired) electrons. The molecule has 5 heteroatoms. The van der Waals surface area contributed by atoms with Crippen LogP contribution in [0.3, 0.4) is 0 Å². The van der Waals surface area contributed by atoms with Crippen LogP contribution in [0.5, 0.6) is 0 Å². The standard InChI is InChI=1S/C20H26N2O3/c1-12-11-22(8-7-14(12)19(23)25-2)20(24)21-10-17-16-9-13-5-3-4-6-15(13)18(16)17/h3-6,12,14,16-18H,7-11H2,1-2H3,(H,21,24). The molecule has 1 saturated heterocycles. The molecule has 4 rings (SSSR count). The number of ether oxygens (including phenoxy) is 1. The summed E-state index contributed by atoms with van der Waals surface area (Å²) in [6.45, 7) is 4.01. The van der Waals surface area contributed by atoms with E-state index in [-0.39, 0.29) is 23.8 Å². The highest BCUT2D eigenvalue weighted by atomic mass is 16.5. The number of hydrogen-bond donors (Lipinski definition) is 1. The van der Waals surface area contributed by atoms with Crippen molar-refractivity contribution in [3.63, 3.8) is 0 Å². The van der Waals surface area contributed by atoms with E-state index in [1.54, 1.807) is 0 Å². The van der Waals surface area contributed by atoms with Crippen LogP contribution in [0.2, 0.25) is 0 Å². The van der Waals surface area contributed by atoms with Crippen molar-refractivity contribution in [3.05, 3.63) is 35.4 Å². The molecule has 1 N–H and O–H groups in total. The maximum absolute atomic E-state index is 12.5. The Morgan fingerprint density at radius 2 is 2.12 bits per heavy atom. The van der Waals surface area contributed by atoms with Crippen LogP contribution in [-0.2, 0) is 16.0 Å². The van der Waals surface area contributed by atoms with Gasteiger partial charge in [-0.15, -0.1) is 0 Å². The zero-order valence-corrected chi connectivity index (χ0v) is 14.9. The Morgan fingerprint density at radius 1 is 1.32 bits per heavy atom. The Morgan fingerprint density at radius 3 is 2.88 bits per heavy atom. The second kappa shape index (κ2) is 6.36. The average Bonchev–Trinajstić information content (AvgIpc) is 3.17. The van der Waals surface area contributed by atoms with Crippen molar-refractivity contribution in [2.45, 2.75) is 25.7 Å². The zero-order chi connectivity index (χ0) is 17.6. The number of esters is 1. The molecule has 1 aliphatic heterocycles. The summed E-state index contributed by atoms with van der Waals surface area (Å²) in [7, 11) is 1.43. The number of benzene rings is 1. The number of carbonyl (C=O) groups is 2. The van der Waals surface area contributed by atoms with E-state index >= 15 is 0 Å². The summed E-state index contributed by atoms with van der Waals surface area (Å²) in [5, 5.41) is 3.12. The average molecular weight is 342 g/mol. The van der Waals surface area contributed by atoms with E-state index in [9.17, 15) is 9.59 Å². The predicted octanol–water partition coefficient (Wildman–Crippen LogP) is 2.41. The van der Waals surface area contributed by atoms with Gasteiger partial charge in [0.05, 0.1) is 13.0 Å². The first-order chi connectivity index (χ1) is 12.1. The van der Waals surface area contributed by atoms with Gasteiger partial charge in [-0.3, -0.25) is 4.79 Å². The van der Waals surface area contributed by atoms with Gasteiger partial charge in [0.1, 0.15) is 0 Å². The molecule has 1 aromatic rings. The third-order valence-corrected chi connectivity index (χ3v) is 6.39. The van der Waals surface area contributed by atoms with Crippen molar-refractivity contribution in [1.82, 2.24) is 10.2 Å². The molecule has 1 aromatic carbocycles. The lowest BCUT2D eigenvalue weighted by molar-refractivity contribution is -0.148. The van der Waals surface area contributed by atoms with Gasteiger partial charge in [0, 0.05) is 19.6 Å². The van der Waals surface area contributed by atoms with Gasteiger partial charge < -0.3 is 15.0 Å². The molecule has 2 fully saturated rings. The summed E-state index contributed by atoms with van der Waals surface area (Å²) in [6, 6.07) is 8.69. The molecule has 5 nitrogen and oxygen atoms in total. The Kier molecular flexibility index (Phi) is 4.18. The topological polar surface area (TPSA) is 58.6 Å². The Labute approximate surface area is 148 Å². The number of urea groups is 1. The molecular weight excluding hydrogens is 316 g/mol. The monoisotopic (exact) mass is 342 g/mol. The second-order valence-electron chi connectivity index (χ2n) is 7.78.